The van der Waals surface area contributed by atoms with Crippen molar-refractivity contribution in [2.24, 2.45) is 5.92 Å². The number of oxazole rings is 1. The van der Waals surface area contributed by atoms with Crippen molar-refractivity contribution < 1.29 is 9.21 Å². The topological polar surface area (TPSA) is 43.1 Å². The zero-order chi connectivity index (χ0) is 15.7. The van der Waals surface area contributed by atoms with Crippen molar-refractivity contribution in [3.8, 4) is 11.5 Å². The predicted octanol–water partition coefficient (Wildman–Crippen LogP) is 4.57. The minimum absolute atomic E-state index is 0.0490. The highest BCUT2D eigenvalue weighted by atomic mass is 16.3. The molecule has 0 unspecified atom stereocenters. The maximum absolute atomic E-state index is 11.9. The first-order valence-corrected chi connectivity index (χ1v) is 7.53. The number of Topliss-reactive ketones (excluding diaryl/α,β-unsaturated/α-hetero) is 1. The lowest BCUT2D eigenvalue weighted by atomic mass is 10.0. The first-order valence-electron chi connectivity index (χ1n) is 7.53. The second-order valence-electron chi connectivity index (χ2n) is 5.93. The molecule has 0 radical (unpaired) electrons. The minimum atomic E-state index is 0.0490. The van der Waals surface area contributed by atoms with Crippen LogP contribution in [0.2, 0.25) is 0 Å². The molecule has 0 amide bonds. The van der Waals surface area contributed by atoms with Crippen molar-refractivity contribution in [1.82, 2.24) is 4.98 Å². The Bertz CT molecular complexity index is 830. The largest absolute Gasteiger partial charge is 0.436 e. The van der Waals surface area contributed by atoms with E-state index in [1.807, 2.05) is 63.2 Å². The summed E-state index contributed by atoms with van der Waals surface area (Å²) in [5.41, 5.74) is 4.65. The van der Waals surface area contributed by atoms with Gasteiger partial charge in [-0.1, -0.05) is 38.1 Å². The number of aryl methyl sites for hydroxylation is 1. The molecule has 3 heteroatoms. The van der Waals surface area contributed by atoms with Crippen LogP contribution >= 0.6 is 0 Å². The van der Waals surface area contributed by atoms with Crippen LogP contribution in [0.15, 0.2) is 46.9 Å². The van der Waals surface area contributed by atoms with Crippen LogP contribution in [0.25, 0.3) is 22.6 Å². The van der Waals surface area contributed by atoms with Crippen LogP contribution in [0.1, 0.15) is 25.0 Å². The van der Waals surface area contributed by atoms with Gasteiger partial charge < -0.3 is 4.42 Å². The zero-order valence-corrected chi connectivity index (χ0v) is 13.1. The van der Waals surface area contributed by atoms with Gasteiger partial charge in [-0.3, -0.25) is 4.79 Å². The maximum Gasteiger partial charge on any atom is 0.227 e. The lowest BCUT2D eigenvalue weighted by Crippen LogP contribution is -2.09. The normalized spacial score (nSPS) is 11.3. The fraction of sp³-hybridized carbons (Fsp3) is 0.263. The van der Waals surface area contributed by atoms with Crippen molar-refractivity contribution >= 4 is 16.9 Å². The Kier molecular flexibility index (Phi) is 3.80. The zero-order valence-electron chi connectivity index (χ0n) is 13.1. The molecule has 0 aliphatic heterocycles. The second kappa shape index (κ2) is 5.76. The maximum atomic E-state index is 11.9. The number of benzene rings is 2. The van der Waals surface area contributed by atoms with Crippen molar-refractivity contribution in [2.75, 3.05) is 0 Å². The van der Waals surface area contributed by atoms with Crippen LogP contribution in [0.5, 0.6) is 0 Å². The molecule has 0 spiro atoms. The van der Waals surface area contributed by atoms with E-state index in [0.717, 1.165) is 27.8 Å². The summed E-state index contributed by atoms with van der Waals surface area (Å²) in [5.74, 6) is 0.909. The summed E-state index contributed by atoms with van der Waals surface area (Å²) in [4.78, 5) is 16.4. The van der Waals surface area contributed by atoms with Gasteiger partial charge in [0.05, 0.1) is 0 Å². The van der Waals surface area contributed by atoms with Gasteiger partial charge >= 0.3 is 0 Å². The van der Waals surface area contributed by atoms with Crippen LogP contribution in [0.4, 0.5) is 0 Å². The van der Waals surface area contributed by atoms with E-state index in [2.05, 4.69) is 4.98 Å². The third-order valence-electron chi connectivity index (χ3n) is 3.85. The molecule has 22 heavy (non-hydrogen) atoms. The van der Waals surface area contributed by atoms with Gasteiger partial charge in [0.2, 0.25) is 5.89 Å². The molecule has 0 saturated carbocycles. The summed E-state index contributed by atoms with van der Waals surface area (Å²) in [6.07, 6.45) is 0.438. The third-order valence-corrected chi connectivity index (χ3v) is 3.85. The molecule has 1 aromatic heterocycles. The summed E-state index contributed by atoms with van der Waals surface area (Å²) >= 11 is 0. The van der Waals surface area contributed by atoms with Crippen LogP contribution in [-0.4, -0.2) is 10.8 Å². The molecule has 0 saturated heterocycles. The number of carbonyl (C=O) groups excluding carboxylic acids is 1. The van der Waals surface area contributed by atoms with Crippen molar-refractivity contribution in [1.29, 1.82) is 0 Å². The summed E-state index contributed by atoms with van der Waals surface area (Å²) in [6, 6.07) is 13.8. The number of hydrogen-bond acceptors (Lipinski definition) is 3. The van der Waals surface area contributed by atoms with Crippen molar-refractivity contribution in [3.63, 3.8) is 0 Å². The molecule has 0 fully saturated rings. The van der Waals surface area contributed by atoms with E-state index in [1.165, 1.54) is 0 Å². The number of rotatable bonds is 4. The second-order valence-corrected chi connectivity index (χ2v) is 5.93. The minimum Gasteiger partial charge on any atom is -0.436 e. The highest BCUT2D eigenvalue weighted by molar-refractivity contribution is 5.84. The number of carbonyl (C=O) groups is 1. The first-order chi connectivity index (χ1) is 10.5. The first kappa shape index (κ1) is 14.5. The molecule has 3 rings (SSSR count). The van der Waals surface area contributed by atoms with Crippen molar-refractivity contribution in [3.05, 3.63) is 53.6 Å². The van der Waals surface area contributed by atoms with Crippen LogP contribution in [-0.2, 0) is 11.2 Å². The van der Waals surface area contributed by atoms with Gasteiger partial charge in [-0.05, 0) is 36.2 Å². The molecule has 112 valence electrons. The van der Waals surface area contributed by atoms with Gasteiger partial charge in [0, 0.05) is 17.9 Å². The molecule has 3 nitrogen and oxygen atoms in total. The monoisotopic (exact) mass is 293 g/mol. The lowest BCUT2D eigenvalue weighted by Gasteiger charge is -2.03. The number of fused-ring (bicyclic) bond motifs is 1. The SMILES string of the molecule is Cc1ccccc1-c1nc2ccc(CC(=O)C(C)C)cc2o1. The number of aromatic nitrogens is 1. The van der Waals surface area contributed by atoms with Gasteiger partial charge in [-0.25, -0.2) is 4.98 Å². The van der Waals surface area contributed by atoms with Gasteiger partial charge in [0.1, 0.15) is 11.3 Å². The Balaban J connectivity index is 1.97. The fourth-order valence-electron chi connectivity index (χ4n) is 2.41. The van der Waals surface area contributed by atoms with Gasteiger partial charge in [-0.15, -0.1) is 0 Å². The average molecular weight is 293 g/mol. The highest BCUT2D eigenvalue weighted by Gasteiger charge is 2.13. The lowest BCUT2D eigenvalue weighted by molar-refractivity contribution is -0.121. The molecule has 0 atom stereocenters. The van der Waals surface area contributed by atoms with E-state index in [0.29, 0.717) is 12.3 Å². The quantitative estimate of drug-likeness (QED) is 0.707. The Morgan fingerprint density at radius 3 is 2.68 bits per heavy atom. The number of ketones is 1. The fourth-order valence-corrected chi connectivity index (χ4v) is 2.41. The molecule has 1 heterocycles. The summed E-state index contributed by atoms with van der Waals surface area (Å²) < 4.78 is 5.90. The van der Waals surface area contributed by atoms with E-state index >= 15 is 0 Å². The molecule has 0 N–H and O–H groups in total. The predicted molar refractivity (Wildman–Crippen MR) is 87.7 cm³/mol. The third kappa shape index (κ3) is 2.80. The average Bonchev–Trinajstić information content (AvgIpc) is 2.90. The molecular weight excluding hydrogens is 274 g/mol. The van der Waals surface area contributed by atoms with Crippen LogP contribution in [0.3, 0.4) is 0 Å². The van der Waals surface area contributed by atoms with E-state index in [-0.39, 0.29) is 11.7 Å². The highest BCUT2D eigenvalue weighted by Crippen LogP contribution is 2.27. The van der Waals surface area contributed by atoms with Crippen molar-refractivity contribution in [2.45, 2.75) is 27.2 Å². The van der Waals surface area contributed by atoms with E-state index < -0.39 is 0 Å². The van der Waals surface area contributed by atoms with E-state index in [9.17, 15) is 4.79 Å². The summed E-state index contributed by atoms with van der Waals surface area (Å²) in [5, 5.41) is 0. The van der Waals surface area contributed by atoms with Gasteiger partial charge in [0.15, 0.2) is 5.58 Å². The molecule has 3 aromatic rings. The molecule has 0 aliphatic rings. The standard InChI is InChI=1S/C19H19NO2/c1-12(2)17(21)10-14-8-9-16-18(11-14)22-19(20-16)15-7-5-4-6-13(15)3/h4-9,11-12H,10H2,1-3H3. The Morgan fingerprint density at radius 2 is 1.95 bits per heavy atom. The summed E-state index contributed by atoms with van der Waals surface area (Å²) in [6.45, 7) is 5.88. The Morgan fingerprint density at radius 1 is 1.18 bits per heavy atom. The number of hydrogen-bond donors (Lipinski definition) is 0. The molecule has 0 bridgehead atoms. The summed E-state index contributed by atoms with van der Waals surface area (Å²) in [7, 11) is 0. The van der Waals surface area contributed by atoms with Crippen LogP contribution in [0, 0.1) is 12.8 Å². The van der Waals surface area contributed by atoms with E-state index in [4.69, 9.17) is 4.42 Å². The molecule has 2 aromatic carbocycles. The van der Waals surface area contributed by atoms with Crippen LogP contribution < -0.4 is 0 Å². The van der Waals surface area contributed by atoms with Gasteiger partial charge in [-0.2, -0.15) is 0 Å². The van der Waals surface area contributed by atoms with E-state index in [1.54, 1.807) is 0 Å². The molecular formula is C19H19NO2. The number of nitrogens with zero attached hydrogens (tertiary/aromatic N) is 1. The van der Waals surface area contributed by atoms with Gasteiger partial charge in [0.25, 0.3) is 0 Å². The smallest absolute Gasteiger partial charge is 0.227 e. The Labute approximate surface area is 130 Å². The molecule has 0 aliphatic carbocycles. The Hall–Kier alpha value is -2.42.